The normalized spacial score (nSPS) is 18.9. The van der Waals surface area contributed by atoms with Crippen molar-refractivity contribution in [3.05, 3.63) is 16.1 Å². The van der Waals surface area contributed by atoms with Crippen molar-refractivity contribution in [2.75, 3.05) is 19.7 Å². The van der Waals surface area contributed by atoms with Crippen molar-refractivity contribution < 1.29 is 9.53 Å². The maximum Gasteiger partial charge on any atom is 0.223 e. The molecule has 0 saturated carbocycles. The van der Waals surface area contributed by atoms with Crippen LogP contribution in [0, 0.1) is 12.8 Å². The van der Waals surface area contributed by atoms with Gasteiger partial charge >= 0.3 is 0 Å². The number of nitrogens with zero attached hydrogens (tertiary/aromatic N) is 2. The molecule has 1 amide bonds. The Balaban J connectivity index is 1.74. The van der Waals surface area contributed by atoms with Crippen LogP contribution in [0.2, 0.25) is 0 Å². The van der Waals surface area contributed by atoms with E-state index in [1.807, 2.05) is 17.3 Å². The Bertz CT molecular complexity index is 473. The second-order valence-electron chi connectivity index (χ2n) is 6.52. The van der Waals surface area contributed by atoms with Gasteiger partial charge in [0.1, 0.15) is 0 Å². The third-order valence-electron chi connectivity index (χ3n) is 4.21. The predicted octanol–water partition coefficient (Wildman–Crippen LogP) is 3.44. The van der Waals surface area contributed by atoms with Gasteiger partial charge in [-0.1, -0.05) is 26.7 Å². The second kappa shape index (κ2) is 8.63. The number of aromatic nitrogens is 1. The number of rotatable bonds is 7. The van der Waals surface area contributed by atoms with Crippen molar-refractivity contribution in [2.45, 2.75) is 59.0 Å². The summed E-state index contributed by atoms with van der Waals surface area (Å²) in [6, 6.07) is 0. The largest absolute Gasteiger partial charge is 0.375 e. The molecule has 1 fully saturated rings. The highest BCUT2D eigenvalue weighted by Gasteiger charge is 2.23. The summed E-state index contributed by atoms with van der Waals surface area (Å²) in [5.41, 5.74) is 2.92. The molecule has 124 valence electrons. The molecule has 0 aliphatic carbocycles. The highest BCUT2D eigenvalue weighted by molar-refractivity contribution is 7.09. The molecule has 1 aromatic heterocycles. The van der Waals surface area contributed by atoms with Crippen molar-refractivity contribution in [3.63, 3.8) is 0 Å². The molecule has 0 bridgehead atoms. The van der Waals surface area contributed by atoms with E-state index >= 15 is 0 Å². The van der Waals surface area contributed by atoms with Crippen LogP contribution in [0.15, 0.2) is 5.51 Å². The fourth-order valence-electron chi connectivity index (χ4n) is 2.82. The van der Waals surface area contributed by atoms with E-state index in [9.17, 15) is 4.79 Å². The minimum atomic E-state index is 0.224. The molecule has 2 rings (SSSR count). The van der Waals surface area contributed by atoms with Crippen LogP contribution in [0.5, 0.6) is 0 Å². The van der Waals surface area contributed by atoms with Gasteiger partial charge in [-0.15, -0.1) is 11.3 Å². The van der Waals surface area contributed by atoms with Gasteiger partial charge in [-0.3, -0.25) is 4.79 Å². The van der Waals surface area contributed by atoms with Gasteiger partial charge < -0.3 is 9.64 Å². The quantitative estimate of drug-likeness (QED) is 0.771. The zero-order valence-electron chi connectivity index (χ0n) is 14.0. The molecule has 5 heteroatoms. The number of morpholine rings is 1. The third-order valence-corrected chi connectivity index (χ3v) is 5.20. The third kappa shape index (κ3) is 5.36. The zero-order valence-corrected chi connectivity index (χ0v) is 14.8. The summed E-state index contributed by atoms with van der Waals surface area (Å²) in [6.07, 6.45) is 5.10. The summed E-state index contributed by atoms with van der Waals surface area (Å²) >= 11 is 1.65. The molecule has 2 heterocycles. The number of carbonyl (C=O) groups is 1. The van der Waals surface area contributed by atoms with Gasteiger partial charge in [0.2, 0.25) is 5.91 Å². The lowest BCUT2D eigenvalue weighted by atomic mass is 10.0. The molecule has 1 atom stereocenters. The topological polar surface area (TPSA) is 42.4 Å². The van der Waals surface area contributed by atoms with Crippen LogP contribution in [-0.2, 0) is 16.0 Å². The van der Waals surface area contributed by atoms with Crippen LogP contribution < -0.4 is 0 Å². The lowest BCUT2D eigenvalue weighted by Gasteiger charge is -2.33. The first-order chi connectivity index (χ1) is 10.6. The molecular weight excluding hydrogens is 296 g/mol. The van der Waals surface area contributed by atoms with Crippen molar-refractivity contribution in [1.29, 1.82) is 0 Å². The van der Waals surface area contributed by atoms with Crippen molar-refractivity contribution in [3.8, 4) is 0 Å². The first-order valence-electron chi connectivity index (χ1n) is 8.34. The Morgan fingerprint density at radius 1 is 1.55 bits per heavy atom. The number of amides is 1. The first kappa shape index (κ1) is 17.4. The number of hydrogen-bond donors (Lipinski definition) is 0. The van der Waals surface area contributed by atoms with Crippen LogP contribution in [0.3, 0.4) is 0 Å². The fourth-order valence-corrected chi connectivity index (χ4v) is 3.60. The minimum absolute atomic E-state index is 0.224. The summed E-state index contributed by atoms with van der Waals surface area (Å²) in [6.45, 7) is 8.69. The molecule has 4 nitrogen and oxygen atoms in total. The monoisotopic (exact) mass is 324 g/mol. The van der Waals surface area contributed by atoms with Gasteiger partial charge in [0, 0.05) is 24.4 Å². The summed E-state index contributed by atoms with van der Waals surface area (Å²) in [7, 11) is 0. The summed E-state index contributed by atoms with van der Waals surface area (Å²) in [5, 5.41) is 0. The van der Waals surface area contributed by atoms with Crippen molar-refractivity contribution in [2.24, 2.45) is 5.92 Å². The Morgan fingerprint density at radius 2 is 2.36 bits per heavy atom. The molecule has 0 radical (unpaired) electrons. The van der Waals surface area contributed by atoms with Crippen molar-refractivity contribution >= 4 is 17.2 Å². The maximum atomic E-state index is 12.4. The number of carbonyl (C=O) groups excluding carboxylic acids is 1. The fraction of sp³-hybridized carbons (Fsp3) is 0.765. The minimum Gasteiger partial charge on any atom is -0.375 e. The van der Waals surface area contributed by atoms with Gasteiger partial charge in [0.05, 0.1) is 23.9 Å². The van der Waals surface area contributed by atoms with Crippen LogP contribution in [-0.4, -0.2) is 41.6 Å². The molecule has 1 aromatic rings. The Kier molecular flexibility index (Phi) is 6.83. The maximum absolute atomic E-state index is 12.4. The predicted molar refractivity (Wildman–Crippen MR) is 90.2 cm³/mol. The number of aryl methyl sites for hydroxylation is 2. The first-order valence-corrected chi connectivity index (χ1v) is 9.22. The van der Waals surface area contributed by atoms with Crippen LogP contribution >= 0.6 is 11.3 Å². The average Bonchev–Trinajstić information content (AvgIpc) is 2.90. The van der Waals surface area contributed by atoms with Gasteiger partial charge in [0.15, 0.2) is 0 Å². The molecule has 1 saturated heterocycles. The van der Waals surface area contributed by atoms with E-state index in [1.165, 1.54) is 17.7 Å². The molecule has 1 aliphatic heterocycles. The smallest absolute Gasteiger partial charge is 0.223 e. The van der Waals surface area contributed by atoms with Crippen LogP contribution in [0.1, 0.15) is 50.1 Å². The summed E-state index contributed by atoms with van der Waals surface area (Å²) in [4.78, 5) is 19.8. The molecule has 0 unspecified atom stereocenters. The van der Waals surface area contributed by atoms with E-state index in [1.54, 1.807) is 11.3 Å². The second-order valence-corrected chi connectivity index (χ2v) is 7.46. The summed E-state index contributed by atoms with van der Waals surface area (Å²) < 4.78 is 5.81. The molecule has 1 aliphatic rings. The van der Waals surface area contributed by atoms with E-state index in [0.717, 1.165) is 37.5 Å². The molecular formula is C17H28N2O2S. The van der Waals surface area contributed by atoms with E-state index in [0.29, 0.717) is 13.0 Å². The lowest BCUT2D eigenvalue weighted by molar-refractivity contribution is -0.139. The van der Waals surface area contributed by atoms with E-state index < -0.39 is 0 Å². The van der Waals surface area contributed by atoms with Crippen LogP contribution in [0.4, 0.5) is 0 Å². The van der Waals surface area contributed by atoms with Gasteiger partial charge in [-0.25, -0.2) is 4.98 Å². The Hall–Kier alpha value is -0.940. The molecule has 0 N–H and O–H groups in total. The average molecular weight is 324 g/mol. The lowest BCUT2D eigenvalue weighted by Crippen LogP contribution is -2.45. The standard InChI is InChI=1S/C17H28N2O2S/c1-13(2)5-4-6-15-11-19(9-10-21-15)17(20)8-7-16-14(3)18-12-22-16/h12-13,15H,4-11H2,1-3H3/t15-/m0/s1. The van der Waals surface area contributed by atoms with Gasteiger partial charge in [-0.2, -0.15) is 0 Å². The molecule has 0 spiro atoms. The number of thiazole rings is 1. The Labute approximate surface area is 137 Å². The number of hydrogen-bond acceptors (Lipinski definition) is 4. The van der Waals surface area contributed by atoms with Crippen molar-refractivity contribution in [1.82, 2.24) is 9.88 Å². The molecule has 0 aromatic carbocycles. The van der Waals surface area contributed by atoms with Crippen LogP contribution in [0.25, 0.3) is 0 Å². The van der Waals surface area contributed by atoms with Gasteiger partial charge in [0.25, 0.3) is 0 Å². The number of ether oxygens (including phenoxy) is 1. The van der Waals surface area contributed by atoms with Gasteiger partial charge in [-0.05, 0) is 25.7 Å². The summed E-state index contributed by atoms with van der Waals surface area (Å²) in [5.74, 6) is 0.994. The SMILES string of the molecule is Cc1ncsc1CCC(=O)N1CCO[C@@H](CCCC(C)C)C1. The van der Waals surface area contributed by atoms with E-state index in [4.69, 9.17) is 4.74 Å². The van der Waals surface area contributed by atoms with E-state index in [2.05, 4.69) is 18.8 Å². The van der Waals surface area contributed by atoms with E-state index in [-0.39, 0.29) is 12.0 Å². The molecule has 22 heavy (non-hydrogen) atoms. The zero-order chi connectivity index (χ0) is 15.9. The highest BCUT2D eigenvalue weighted by Crippen LogP contribution is 2.18. The Morgan fingerprint density at radius 3 is 3.05 bits per heavy atom. The highest BCUT2D eigenvalue weighted by atomic mass is 32.1.